The fourth-order valence-corrected chi connectivity index (χ4v) is 2.08. The van der Waals surface area contributed by atoms with Gasteiger partial charge in [-0.25, -0.2) is 14.6 Å². The van der Waals surface area contributed by atoms with Crippen molar-refractivity contribution in [2.24, 2.45) is 0 Å². The summed E-state index contributed by atoms with van der Waals surface area (Å²) >= 11 is 0. The smallest absolute Gasteiger partial charge is 0.402 e. The Morgan fingerprint density at radius 1 is 1.07 bits per heavy atom. The van der Waals surface area contributed by atoms with E-state index in [1.165, 1.54) is 12.5 Å². The van der Waals surface area contributed by atoms with Gasteiger partial charge in [-0.15, -0.1) is 0 Å². The third-order valence-electron chi connectivity index (χ3n) is 3.64. The van der Waals surface area contributed by atoms with E-state index in [2.05, 4.69) is 28.4 Å². The highest BCUT2D eigenvalue weighted by molar-refractivity contribution is 5.81. The molecule has 0 radical (unpaired) electrons. The molecule has 0 fully saturated rings. The van der Waals surface area contributed by atoms with Crippen LogP contribution in [0.5, 0.6) is 0 Å². The topological polar surface area (TPSA) is 89.5 Å². The highest BCUT2D eigenvalue weighted by Crippen LogP contribution is 2.26. The van der Waals surface area contributed by atoms with Crippen LogP contribution in [0.3, 0.4) is 0 Å². The standard InChI is InChI=1S/C20H28O8/c1-7-23-15(4)25-19(22)27-26-18(21)12-13-24-28-20(5,6)17-10-8-16(9-11-17)14(2)3/h8-15H,7H2,1-6H3. The minimum Gasteiger partial charge on any atom is -0.402 e. The third kappa shape index (κ3) is 8.41. The van der Waals surface area contributed by atoms with Crippen molar-refractivity contribution in [1.82, 2.24) is 0 Å². The molecule has 1 aromatic carbocycles. The molecule has 0 aliphatic rings. The molecule has 8 nitrogen and oxygen atoms in total. The Balaban J connectivity index is 2.39. The van der Waals surface area contributed by atoms with Gasteiger partial charge in [0.05, 0.1) is 6.08 Å². The van der Waals surface area contributed by atoms with Gasteiger partial charge in [-0.3, -0.25) is 0 Å². The first-order valence-electron chi connectivity index (χ1n) is 8.98. The van der Waals surface area contributed by atoms with Crippen LogP contribution in [0.25, 0.3) is 0 Å². The van der Waals surface area contributed by atoms with Gasteiger partial charge in [0.15, 0.2) is 0 Å². The van der Waals surface area contributed by atoms with E-state index in [1.807, 2.05) is 38.1 Å². The molecule has 0 N–H and O–H groups in total. The zero-order valence-corrected chi connectivity index (χ0v) is 17.1. The van der Waals surface area contributed by atoms with Crippen LogP contribution in [0.15, 0.2) is 36.6 Å². The second kappa shape index (κ2) is 11.3. The zero-order chi connectivity index (χ0) is 21.2. The van der Waals surface area contributed by atoms with E-state index in [4.69, 9.17) is 14.5 Å². The van der Waals surface area contributed by atoms with Gasteiger partial charge in [0.25, 0.3) is 0 Å². The van der Waals surface area contributed by atoms with E-state index in [-0.39, 0.29) is 0 Å². The maximum Gasteiger partial charge on any atom is 0.552 e. The van der Waals surface area contributed by atoms with Crippen molar-refractivity contribution >= 4 is 12.1 Å². The molecule has 8 heteroatoms. The molecule has 0 amide bonds. The number of rotatable bonds is 9. The van der Waals surface area contributed by atoms with Gasteiger partial charge < -0.3 is 14.4 Å². The van der Waals surface area contributed by atoms with Crippen LogP contribution >= 0.6 is 0 Å². The molecule has 0 saturated heterocycles. The van der Waals surface area contributed by atoms with Crippen LogP contribution < -0.4 is 0 Å². The number of carbonyl (C=O) groups excluding carboxylic acids is 2. The number of ether oxygens (including phenoxy) is 2. The van der Waals surface area contributed by atoms with Gasteiger partial charge in [-0.2, -0.15) is 9.68 Å². The van der Waals surface area contributed by atoms with Crippen LogP contribution in [0.2, 0.25) is 0 Å². The lowest BCUT2D eigenvalue weighted by atomic mass is 9.94. The molecule has 1 atom stereocenters. The highest BCUT2D eigenvalue weighted by atomic mass is 17.2. The SMILES string of the molecule is CCOC(C)OC(=O)OOC(=O)C=COOC(C)(C)c1ccc(C(C)C)cc1. The Morgan fingerprint density at radius 2 is 1.71 bits per heavy atom. The largest absolute Gasteiger partial charge is 0.552 e. The molecule has 0 bridgehead atoms. The van der Waals surface area contributed by atoms with Crippen molar-refractivity contribution in [3.05, 3.63) is 47.7 Å². The molecule has 1 aromatic rings. The first kappa shape index (κ1) is 23.5. The Hall–Kier alpha value is -2.58. The Kier molecular flexibility index (Phi) is 9.47. The number of benzene rings is 1. The van der Waals surface area contributed by atoms with Gasteiger partial charge in [0.2, 0.25) is 6.29 Å². The van der Waals surface area contributed by atoms with Crippen molar-refractivity contribution in [2.75, 3.05) is 6.61 Å². The predicted molar refractivity (Wildman–Crippen MR) is 99.6 cm³/mol. The second-order valence-electron chi connectivity index (χ2n) is 6.65. The summed E-state index contributed by atoms with van der Waals surface area (Å²) in [5.41, 5.74) is 1.37. The summed E-state index contributed by atoms with van der Waals surface area (Å²) in [5.74, 6) is -0.547. The fraction of sp³-hybridized carbons (Fsp3) is 0.500. The normalized spacial score (nSPS) is 12.7. The van der Waals surface area contributed by atoms with Crippen molar-refractivity contribution in [3.8, 4) is 0 Å². The van der Waals surface area contributed by atoms with Gasteiger partial charge in [0, 0.05) is 6.61 Å². The lowest BCUT2D eigenvalue weighted by Crippen LogP contribution is -2.21. The van der Waals surface area contributed by atoms with E-state index in [9.17, 15) is 9.59 Å². The molecular formula is C20H28O8. The van der Waals surface area contributed by atoms with Crippen LogP contribution in [0, 0.1) is 0 Å². The summed E-state index contributed by atoms with van der Waals surface area (Å²) in [6.45, 7) is 11.5. The summed E-state index contributed by atoms with van der Waals surface area (Å²) < 4.78 is 9.61. The minimum atomic E-state index is -1.20. The zero-order valence-electron chi connectivity index (χ0n) is 17.1. The first-order valence-corrected chi connectivity index (χ1v) is 8.98. The molecule has 28 heavy (non-hydrogen) atoms. The van der Waals surface area contributed by atoms with Crippen molar-refractivity contribution in [1.29, 1.82) is 0 Å². The van der Waals surface area contributed by atoms with Crippen molar-refractivity contribution in [3.63, 3.8) is 0 Å². The number of carbonyl (C=O) groups is 2. The molecule has 0 aliphatic carbocycles. The second-order valence-corrected chi connectivity index (χ2v) is 6.65. The van der Waals surface area contributed by atoms with Crippen LogP contribution in [0.1, 0.15) is 58.6 Å². The van der Waals surface area contributed by atoms with Crippen molar-refractivity contribution in [2.45, 2.75) is 59.4 Å². The fourth-order valence-electron chi connectivity index (χ4n) is 2.08. The van der Waals surface area contributed by atoms with E-state index in [0.717, 1.165) is 17.9 Å². The summed E-state index contributed by atoms with van der Waals surface area (Å²) in [6.07, 6.45) is -0.160. The van der Waals surface area contributed by atoms with Crippen LogP contribution in [-0.4, -0.2) is 25.0 Å². The quantitative estimate of drug-likeness (QED) is 0.150. The average Bonchev–Trinajstić information content (AvgIpc) is 2.64. The maximum atomic E-state index is 11.4. The lowest BCUT2D eigenvalue weighted by Gasteiger charge is -2.23. The van der Waals surface area contributed by atoms with Gasteiger partial charge >= 0.3 is 12.1 Å². The highest BCUT2D eigenvalue weighted by Gasteiger charge is 2.23. The predicted octanol–water partition coefficient (Wildman–Crippen LogP) is 4.50. The van der Waals surface area contributed by atoms with E-state index >= 15 is 0 Å². The van der Waals surface area contributed by atoms with Crippen LogP contribution in [-0.2, 0) is 39.4 Å². The van der Waals surface area contributed by atoms with E-state index in [1.54, 1.807) is 6.92 Å². The molecule has 0 heterocycles. The molecule has 0 aromatic heterocycles. The van der Waals surface area contributed by atoms with Crippen molar-refractivity contribution < 1.29 is 38.6 Å². The summed E-state index contributed by atoms with van der Waals surface area (Å²) in [5, 5.41) is 0. The average molecular weight is 396 g/mol. The van der Waals surface area contributed by atoms with E-state index < -0.39 is 24.0 Å². The molecular weight excluding hydrogens is 368 g/mol. The Bertz CT molecular complexity index is 649. The molecule has 0 spiro atoms. The summed E-state index contributed by atoms with van der Waals surface area (Å²) in [6, 6.07) is 7.97. The molecule has 0 saturated carbocycles. The van der Waals surface area contributed by atoms with Gasteiger partial charge in [-0.05, 0) is 44.7 Å². The number of hydrogen-bond donors (Lipinski definition) is 0. The number of hydrogen-bond acceptors (Lipinski definition) is 8. The third-order valence-corrected chi connectivity index (χ3v) is 3.64. The minimum absolute atomic E-state index is 0.354. The molecule has 1 unspecified atom stereocenters. The van der Waals surface area contributed by atoms with Gasteiger partial charge in [-0.1, -0.05) is 38.1 Å². The lowest BCUT2D eigenvalue weighted by molar-refractivity contribution is -0.321. The van der Waals surface area contributed by atoms with E-state index in [0.29, 0.717) is 12.5 Å². The molecule has 0 aliphatic heterocycles. The monoisotopic (exact) mass is 396 g/mol. The first-order chi connectivity index (χ1) is 13.2. The maximum absolute atomic E-state index is 11.4. The molecule has 156 valence electrons. The van der Waals surface area contributed by atoms with Crippen LogP contribution in [0.4, 0.5) is 4.79 Å². The van der Waals surface area contributed by atoms with Gasteiger partial charge in [0.1, 0.15) is 11.9 Å². The summed E-state index contributed by atoms with van der Waals surface area (Å²) in [4.78, 5) is 41.4. The Labute approximate surface area is 165 Å². The summed E-state index contributed by atoms with van der Waals surface area (Å²) in [7, 11) is 0. The Morgan fingerprint density at radius 3 is 2.29 bits per heavy atom. The molecule has 1 rings (SSSR count).